The van der Waals surface area contributed by atoms with Crippen LogP contribution < -0.4 is 15.4 Å². The van der Waals surface area contributed by atoms with Gasteiger partial charge >= 0.3 is 0 Å². The summed E-state index contributed by atoms with van der Waals surface area (Å²) in [7, 11) is 0. The van der Waals surface area contributed by atoms with Crippen molar-refractivity contribution >= 4 is 23.2 Å². The fraction of sp³-hybridized carbons (Fsp3) is 0.227. The molecule has 0 unspecified atom stereocenters. The molecule has 1 amide bonds. The number of aromatic nitrogens is 2. The average Bonchev–Trinajstić information content (AvgIpc) is 2.66. The van der Waals surface area contributed by atoms with E-state index in [0.29, 0.717) is 29.7 Å². The van der Waals surface area contributed by atoms with E-state index in [-0.39, 0.29) is 5.91 Å². The zero-order valence-electron chi connectivity index (χ0n) is 16.5. The van der Waals surface area contributed by atoms with Gasteiger partial charge in [0, 0.05) is 11.4 Å². The lowest BCUT2D eigenvalue weighted by molar-refractivity contribution is 0.102. The summed E-state index contributed by atoms with van der Waals surface area (Å²) in [4.78, 5) is 21.6. The van der Waals surface area contributed by atoms with E-state index in [1.807, 2.05) is 70.2 Å². The second-order valence-electron chi connectivity index (χ2n) is 6.49. The zero-order valence-corrected chi connectivity index (χ0v) is 16.5. The van der Waals surface area contributed by atoms with Crippen molar-refractivity contribution in [3.05, 3.63) is 71.0 Å². The second kappa shape index (κ2) is 8.52. The van der Waals surface area contributed by atoms with Crippen LogP contribution in [-0.2, 0) is 0 Å². The number of rotatable bonds is 6. The Hall–Kier alpha value is -3.41. The summed E-state index contributed by atoms with van der Waals surface area (Å²) >= 11 is 0. The number of hydrogen-bond acceptors (Lipinski definition) is 5. The molecular weight excluding hydrogens is 352 g/mol. The highest BCUT2D eigenvalue weighted by molar-refractivity contribution is 6.04. The van der Waals surface area contributed by atoms with Crippen molar-refractivity contribution in [1.82, 2.24) is 9.97 Å². The smallest absolute Gasteiger partial charge is 0.274 e. The highest BCUT2D eigenvalue weighted by Crippen LogP contribution is 2.26. The van der Waals surface area contributed by atoms with Gasteiger partial charge in [-0.2, -0.15) is 0 Å². The van der Waals surface area contributed by atoms with Crippen LogP contribution in [-0.4, -0.2) is 22.5 Å². The van der Waals surface area contributed by atoms with Gasteiger partial charge in [-0.25, -0.2) is 9.97 Å². The summed E-state index contributed by atoms with van der Waals surface area (Å²) in [5.74, 6) is 0.777. The summed E-state index contributed by atoms with van der Waals surface area (Å²) in [6.07, 6.45) is 0. The van der Waals surface area contributed by atoms with Gasteiger partial charge in [0.05, 0.1) is 12.3 Å². The topological polar surface area (TPSA) is 76.1 Å². The van der Waals surface area contributed by atoms with Crippen LogP contribution in [0.25, 0.3) is 0 Å². The summed E-state index contributed by atoms with van der Waals surface area (Å²) in [5.41, 5.74) is 4.55. The van der Waals surface area contributed by atoms with Crippen molar-refractivity contribution in [2.75, 3.05) is 17.2 Å². The Kier molecular flexibility index (Phi) is 5.89. The van der Waals surface area contributed by atoms with Gasteiger partial charge in [0.1, 0.15) is 11.4 Å². The largest absolute Gasteiger partial charge is 0.492 e. The Morgan fingerprint density at radius 1 is 1.00 bits per heavy atom. The van der Waals surface area contributed by atoms with Crippen LogP contribution in [0.5, 0.6) is 5.75 Å². The number of para-hydroxylation sites is 3. The number of amides is 1. The molecule has 1 aromatic heterocycles. The average molecular weight is 376 g/mol. The van der Waals surface area contributed by atoms with E-state index in [9.17, 15) is 4.79 Å². The van der Waals surface area contributed by atoms with Crippen molar-refractivity contribution in [1.29, 1.82) is 0 Å². The first-order valence-corrected chi connectivity index (χ1v) is 9.20. The number of nitrogens with one attached hydrogen (secondary N) is 2. The van der Waals surface area contributed by atoms with Gasteiger partial charge in [0.2, 0.25) is 5.95 Å². The maximum atomic E-state index is 12.8. The lowest BCUT2D eigenvalue weighted by atomic mass is 10.1. The van der Waals surface area contributed by atoms with Gasteiger partial charge in [-0.15, -0.1) is 0 Å². The SMILES string of the molecule is CCOc1ccccc1Nc1nc(C)cc(C(=O)Nc2c(C)cccc2C)n1. The molecule has 0 spiro atoms. The van der Waals surface area contributed by atoms with Gasteiger partial charge in [-0.05, 0) is 57.0 Å². The van der Waals surface area contributed by atoms with Crippen LogP contribution in [0.2, 0.25) is 0 Å². The third-order valence-electron chi connectivity index (χ3n) is 4.24. The fourth-order valence-corrected chi connectivity index (χ4v) is 2.90. The highest BCUT2D eigenvalue weighted by Gasteiger charge is 2.14. The molecule has 6 nitrogen and oxygen atoms in total. The molecule has 1 heterocycles. The van der Waals surface area contributed by atoms with Crippen molar-refractivity contribution in [2.45, 2.75) is 27.7 Å². The minimum Gasteiger partial charge on any atom is -0.492 e. The van der Waals surface area contributed by atoms with E-state index in [1.165, 1.54) is 0 Å². The number of carbonyl (C=O) groups excluding carboxylic acids is 1. The van der Waals surface area contributed by atoms with E-state index in [1.54, 1.807) is 6.07 Å². The fourth-order valence-electron chi connectivity index (χ4n) is 2.90. The van der Waals surface area contributed by atoms with E-state index < -0.39 is 0 Å². The Balaban J connectivity index is 1.87. The lowest BCUT2D eigenvalue weighted by Gasteiger charge is -2.13. The van der Waals surface area contributed by atoms with Crippen LogP contribution in [0.15, 0.2) is 48.5 Å². The molecule has 2 aromatic carbocycles. The van der Waals surface area contributed by atoms with Crippen molar-refractivity contribution in [2.24, 2.45) is 0 Å². The number of ether oxygens (including phenoxy) is 1. The van der Waals surface area contributed by atoms with Gasteiger partial charge in [-0.1, -0.05) is 30.3 Å². The minimum absolute atomic E-state index is 0.274. The highest BCUT2D eigenvalue weighted by atomic mass is 16.5. The van der Waals surface area contributed by atoms with Crippen LogP contribution >= 0.6 is 0 Å². The standard InChI is InChI=1S/C22H24N4O2/c1-5-28-19-12-7-6-11-17(19)24-22-23-16(4)13-18(25-22)21(27)26-20-14(2)9-8-10-15(20)3/h6-13H,5H2,1-4H3,(H,26,27)(H,23,24,25). The number of aryl methyl sites for hydroxylation is 3. The van der Waals surface area contributed by atoms with Crippen LogP contribution in [0.3, 0.4) is 0 Å². The molecule has 0 aliphatic rings. The van der Waals surface area contributed by atoms with E-state index in [0.717, 1.165) is 22.5 Å². The molecule has 0 radical (unpaired) electrons. The second-order valence-corrected chi connectivity index (χ2v) is 6.49. The molecule has 0 atom stereocenters. The summed E-state index contributed by atoms with van der Waals surface area (Å²) < 4.78 is 5.63. The third-order valence-corrected chi connectivity index (χ3v) is 4.24. The Bertz CT molecular complexity index is 981. The van der Waals surface area contributed by atoms with E-state index in [4.69, 9.17) is 4.74 Å². The van der Waals surface area contributed by atoms with Gasteiger partial charge in [-0.3, -0.25) is 4.79 Å². The molecule has 6 heteroatoms. The Morgan fingerprint density at radius 2 is 1.71 bits per heavy atom. The third kappa shape index (κ3) is 4.46. The molecule has 0 bridgehead atoms. The first-order chi connectivity index (χ1) is 13.5. The molecule has 0 aliphatic carbocycles. The molecule has 0 saturated heterocycles. The molecule has 28 heavy (non-hydrogen) atoms. The summed E-state index contributed by atoms with van der Waals surface area (Å²) in [5, 5.41) is 6.12. The van der Waals surface area contributed by atoms with Crippen LogP contribution in [0.1, 0.15) is 34.2 Å². The zero-order chi connectivity index (χ0) is 20.1. The molecule has 3 aromatic rings. The predicted octanol–water partition coefficient (Wildman–Crippen LogP) is 4.80. The lowest BCUT2D eigenvalue weighted by Crippen LogP contribution is -2.17. The normalized spacial score (nSPS) is 10.4. The maximum absolute atomic E-state index is 12.8. The Labute approximate surface area is 165 Å². The van der Waals surface area contributed by atoms with Crippen molar-refractivity contribution in [3.63, 3.8) is 0 Å². The van der Waals surface area contributed by atoms with Gasteiger partial charge < -0.3 is 15.4 Å². The Morgan fingerprint density at radius 3 is 2.43 bits per heavy atom. The molecule has 0 aliphatic heterocycles. The molecule has 3 rings (SSSR count). The number of hydrogen-bond donors (Lipinski definition) is 2. The summed E-state index contributed by atoms with van der Waals surface area (Å²) in [6.45, 7) is 8.24. The predicted molar refractivity (Wildman–Crippen MR) is 112 cm³/mol. The first-order valence-electron chi connectivity index (χ1n) is 9.20. The van der Waals surface area contributed by atoms with Crippen molar-refractivity contribution in [3.8, 4) is 5.75 Å². The summed E-state index contributed by atoms with van der Waals surface area (Å²) in [6, 6.07) is 15.1. The quantitative estimate of drug-likeness (QED) is 0.646. The monoisotopic (exact) mass is 376 g/mol. The number of benzene rings is 2. The molecule has 2 N–H and O–H groups in total. The van der Waals surface area contributed by atoms with Crippen LogP contribution in [0.4, 0.5) is 17.3 Å². The van der Waals surface area contributed by atoms with Crippen LogP contribution in [0, 0.1) is 20.8 Å². The van der Waals surface area contributed by atoms with Gasteiger partial charge in [0.25, 0.3) is 5.91 Å². The molecular formula is C22H24N4O2. The molecule has 144 valence electrons. The van der Waals surface area contributed by atoms with Crippen molar-refractivity contribution < 1.29 is 9.53 Å². The van der Waals surface area contributed by atoms with E-state index >= 15 is 0 Å². The number of anilines is 3. The molecule has 0 fully saturated rings. The first kappa shape index (κ1) is 19.4. The number of nitrogens with zero attached hydrogens (tertiary/aromatic N) is 2. The minimum atomic E-state index is -0.274. The number of carbonyl (C=O) groups is 1. The molecule has 0 saturated carbocycles. The van der Waals surface area contributed by atoms with Gasteiger partial charge in [0.15, 0.2) is 0 Å². The maximum Gasteiger partial charge on any atom is 0.274 e. The van der Waals surface area contributed by atoms with E-state index in [2.05, 4.69) is 20.6 Å².